The number of anilines is 2. The van der Waals surface area contributed by atoms with Gasteiger partial charge in [0, 0.05) is 39.0 Å². The summed E-state index contributed by atoms with van der Waals surface area (Å²) in [6.45, 7) is -7.63. The standard InChI is InChI=1S/C12H18N2/c1-10-5-2-3-8-14(10)12-7-4-6-11(13)9-12/h4,6-7,9-10H,2-3,5,8,13H2,1H3/i1D3,2D2,3D2,4D,5D2,6D,7D,8D2,9D,10D. The maximum atomic E-state index is 8.47. The molecular weight excluding hydrogens is 172 g/mol. The largest absolute Gasteiger partial charge is 0.399 e. The van der Waals surface area contributed by atoms with Crippen molar-refractivity contribution in [3.05, 3.63) is 24.2 Å². The zero-order valence-electron chi connectivity index (χ0n) is 23.0. The van der Waals surface area contributed by atoms with Crippen LogP contribution in [-0.2, 0) is 0 Å². The number of hydrogen-bond acceptors (Lipinski definition) is 2. The summed E-state index contributed by atoms with van der Waals surface area (Å²) in [4.78, 5) is -0.327. The summed E-state index contributed by atoms with van der Waals surface area (Å²) in [6.07, 6.45) is -11.6. The molecule has 0 spiro atoms. The van der Waals surface area contributed by atoms with Gasteiger partial charge in [0.15, 0.2) is 0 Å². The topological polar surface area (TPSA) is 29.3 Å². The Morgan fingerprint density at radius 1 is 1.71 bits per heavy atom. The van der Waals surface area contributed by atoms with E-state index in [1.165, 1.54) is 0 Å². The second-order valence-corrected chi connectivity index (χ2v) is 2.43. The maximum Gasteiger partial charge on any atom is 0.0667 e. The number of rotatable bonds is 1. The van der Waals surface area contributed by atoms with Crippen molar-refractivity contribution in [1.29, 1.82) is 0 Å². The van der Waals surface area contributed by atoms with Gasteiger partial charge in [-0.1, -0.05) is 6.04 Å². The molecule has 76 valence electrons. The van der Waals surface area contributed by atoms with Crippen LogP contribution in [0, 0.1) is 0 Å². The SMILES string of the molecule is [2H]c1c([2H])c(N)c([2H])c(N2C([2H])([2H])C([2H])([2H])C([2H])([2H])C([2H])([2H])C2([2H])C([2H])([2H])[2H])c1[2H]. The molecule has 2 nitrogen and oxygen atoms in total. The summed E-state index contributed by atoms with van der Waals surface area (Å²) in [6, 6.07) is -7.95. The van der Waals surface area contributed by atoms with Crippen LogP contribution in [0.1, 0.15) is 47.9 Å². The second-order valence-electron chi connectivity index (χ2n) is 2.43. The minimum Gasteiger partial charge on any atom is -0.399 e. The molecule has 0 radical (unpaired) electrons. The third-order valence-electron chi connectivity index (χ3n) is 1.49. The molecule has 0 saturated carbocycles. The predicted octanol–water partition coefficient (Wildman–Crippen LogP) is 2.65. The first-order valence-corrected chi connectivity index (χ1v) is 3.71. The lowest BCUT2D eigenvalue weighted by Gasteiger charge is -2.35. The van der Waals surface area contributed by atoms with E-state index >= 15 is 0 Å². The molecule has 0 bridgehead atoms. The number of nitrogens with zero attached hydrogens (tertiary/aromatic N) is 1. The second kappa shape index (κ2) is 3.91. The third kappa shape index (κ3) is 1.84. The minimum atomic E-state index is -3.92. The van der Waals surface area contributed by atoms with Crippen molar-refractivity contribution < 1.29 is 21.9 Å². The normalized spacial score (nSPS) is 59.6. The molecule has 2 rings (SSSR count). The molecule has 1 atom stereocenters. The van der Waals surface area contributed by atoms with E-state index in [2.05, 4.69) is 0 Å². The first kappa shape index (κ1) is 2.01. The summed E-state index contributed by atoms with van der Waals surface area (Å²) < 4.78 is 127. The van der Waals surface area contributed by atoms with Gasteiger partial charge in [0.2, 0.25) is 0 Å². The predicted molar refractivity (Wildman–Crippen MR) is 61.5 cm³/mol. The van der Waals surface area contributed by atoms with E-state index in [-0.39, 0.29) is 4.90 Å². The van der Waals surface area contributed by atoms with Crippen molar-refractivity contribution >= 4 is 11.4 Å². The van der Waals surface area contributed by atoms with Gasteiger partial charge in [0.1, 0.15) is 0 Å². The van der Waals surface area contributed by atoms with Gasteiger partial charge in [-0.15, -0.1) is 0 Å². The smallest absolute Gasteiger partial charge is 0.0667 e. The van der Waals surface area contributed by atoms with E-state index < -0.39 is 74.0 Å². The number of piperidine rings is 1. The summed E-state index contributed by atoms with van der Waals surface area (Å²) in [5.74, 6) is 0. The van der Waals surface area contributed by atoms with Crippen LogP contribution in [0.5, 0.6) is 0 Å². The molecule has 1 aliphatic rings. The van der Waals surface area contributed by atoms with Crippen molar-refractivity contribution in [2.24, 2.45) is 0 Å². The molecule has 2 heteroatoms. The van der Waals surface area contributed by atoms with Gasteiger partial charge in [-0.25, -0.2) is 0 Å². The molecule has 1 aromatic carbocycles. The molecule has 1 saturated heterocycles. The Labute approximate surface area is 108 Å². The monoisotopic (exact) mass is 206 g/mol. The fraction of sp³-hybridized carbons (Fsp3) is 0.500. The molecule has 1 fully saturated rings. The quantitative estimate of drug-likeness (QED) is 0.716. The van der Waals surface area contributed by atoms with Crippen molar-refractivity contribution in [2.75, 3.05) is 17.1 Å². The first-order chi connectivity index (χ1) is 13.0. The molecule has 0 amide bonds. The van der Waals surface area contributed by atoms with Crippen LogP contribution in [-0.4, -0.2) is 12.5 Å². The van der Waals surface area contributed by atoms with Gasteiger partial charge < -0.3 is 10.6 Å². The number of hydrogen-bond donors (Lipinski definition) is 1. The van der Waals surface area contributed by atoms with E-state index in [1.54, 1.807) is 0 Å². The van der Waals surface area contributed by atoms with Crippen LogP contribution in [0.25, 0.3) is 0 Å². The molecule has 1 aromatic rings. The van der Waals surface area contributed by atoms with E-state index in [9.17, 15) is 0 Å². The van der Waals surface area contributed by atoms with Crippen LogP contribution in [0.15, 0.2) is 24.2 Å². The minimum absolute atomic E-state index is 0.327. The highest BCUT2D eigenvalue weighted by molar-refractivity contribution is 5.56. The number of benzene rings is 1. The Balaban J connectivity index is 3.17. The highest BCUT2D eigenvalue weighted by Gasteiger charge is 2.18. The lowest BCUT2D eigenvalue weighted by Crippen LogP contribution is -2.37. The Hall–Kier alpha value is -1.18. The fourth-order valence-corrected chi connectivity index (χ4v) is 0.913. The van der Waals surface area contributed by atoms with Crippen LogP contribution >= 0.6 is 0 Å². The number of nitrogens with two attached hydrogens (primary N) is 1. The van der Waals surface area contributed by atoms with Crippen molar-refractivity contribution in [2.45, 2.75) is 32.0 Å². The summed E-state index contributed by atoms with van der Waals surface area (Å²) in [5, 5.41) is 0. The van der Waals surface area contributed by atoms with Crippen LogP contribution in [0.3, 0.4) is 0 Å². The molecule has 1 aliphatic heterocycles. The van der Waals surface area contributed by atoms with Crippen molar-refractivity contribution in [3.8, 4) is 0 Å². The average Bonchev–Trinajstić information content (AvgIpc) is 2.58. The molecule has 0 aliphatic carbocycles. The average molecular weight is 206 g/mol. The zero-order valence-corrected chi connectivity index (χ0v) is 7.02. The molecular formula is C12H18N2. The summed E-state index contributed by atoms with van der Waals surface area (Å²) in [5.41, 5.74) is 3.54. The van der Waals surface area contributed by atoms with Gasteiger partial charge in [-0.2, -0.15) is 0 Å². The molecule has 1 heterocycles. The van der Waals surface area contributed by atoms with E-state index in [4.69, 9.17) is 27.7 Å². The van der Waals surface area contributed by atoms with E-state index in [0.29, 0.717) is 0 Å². The molecule has 0 aromatic heterocycles. The fourth-order valence-electron chi connectivity index (χ4n) is 0.913. The Bertz CT molecular complexity index is 860. The number of nitrogen functional groups attached to an aromatic ring is 1. The molecule has 1 unspecified atom stereocenters. The van der Waals surface area contributed by atoms with Gasteiger partial charge in [0.05, 0.1) is 6.85 Å². The van der Waals surface area contributed by atoms with Crippen LogP contribution in [0.4, 0.5) is 11.4 Å². The van der Waals surface area contributed by atoms with E-state index in [1.807, 2.05) is 0 Å². The first-order valence-electron chi connectivity index (χ1n) is 11.7. The van der Waals surface area contributed by atoms with Gasteiger partial charge in [0.25, 0.3) is 0 Å². The van der Waals surface area contributed by atoms with E-state index in [0.717, 1.165) is 0 Å². The zero-order chi connectivity index (χ0) is 24.0. The van der Waals surface area contributed by atoms with Crippen molar-refractivity contribution in [3.63, 3.8) is 0 Å². The molecule has 2 N–H and O–H groups in total. The highest BCUT2D eigenvalue weighted by atomic mass is 15.2. The summed E-state index contributed by atoms with van der Waals surface area (Å²) in [7, 11) is 0. The van der Waals surface area contributed by atoms with Gasteiger partial charge in [-0.05, 0) is 44.1 Å². The maximum absolute atomic E-state index is 8.47. The van der Waals surface area contributed by atoms with Crippen LogP contribution < -0.4 is 10.6 Å². The molecule has 14 heavy (non-hydrogen) atoms. The van der Waals surface area contributed by atoms with Gasteiger partial charge in [-0.3, -0.25) is 0 Å². The summed E-state index contributed by atoms with van der Waals surface area (Å²) >= 11 is 0. The Morgan fingerprint density at radius 3 is 3.50 bits per heavy atom. The van der Waals surface area contributed by atoms with Crippen molar-refractivity contribution in [1.82, 2.24) is 0 Å². The Kier molecular flexibility index (Phi) is 0.562. The van der Waals surface area contributed by atoms with Gasteiger partial charge >= 0.3 is 0 Å². The third-order valence-corrected chi connectivity index (χ3v) is 1.49. The Morgan fingerprint density at radius 2 is 2.64 bits per heavy atom. The van der Waals surface area contributed by atoms with Crippen LogP contribution in [0.2, 0.25) is 0 Å². The lowest BCUT2D eigenvalue weighted by atomic mass is 10.0. The highest BCUT2D eigenvalue weighted by Crippen LogP contribution is 2.25. The lowest BCUT2D eigenvalue weighted by molar-refractivity contribution is 0.485.